The van der Waals surface area contributed by atoms with Gasteiger partial charge < -0.3 is 15.4 Å². The van der Waals surface area contributed by atoms with Gasteiger partial charge in [0.2, 0.25) is 5.91 Å². The third-order valence-corrected chi connectivity index (χ3v) is 2.84. The molecule has 1 rings (SSSR count). The van der Waals surface area contributed by atoms with Gasteiger partial charge in [-0.05, 0) is 44.5 Å². The van der Waals surface area contributed by atoms with Gasteiger partial charge in [-0.25, -0.2) is 0 Å². The summed E-state index contributed by atoms with van der Waals surface area (Å²) >= 11 is 0. The first-order chi connectivity index (χ1) is 9.93. The first-order valence-electron chi connectivity index (χ1n) is 6.94. The summed E-state index contributed by atoms with van der Waals surface area (Å²) in [6, 6.07) is 7.13. The molecule has 0 heterocycles. The highest BCUT2D eigenvalue weighted by Crippen LogP contribution is 2.09. The largest absolute Gasteiger partial charge is 0.465 e. The molecule has 0 atom stereocenters. The van der Waals surface area contributed by atoms with Gasteiger partial charge in [-0.15, -0.1) is 0 Å². The number of nitrogen functional groups attached to an aromatic ring is 1. The molecule has 0 fully saturated rings. The van der Waals surface area contributed by atoms with E-state index < -0.39 is 5.97 Å². The summed E-state index contributed by atoms with van der Waals surface area (Å²) in [7, 11) is 0. The Kier molecular flexibility index (Phi) is 6.46. The second kappa shape index (κ2) is 8.09. The van der Waals surface area contributed by atoms with Crippen LogP contribution in [-0.2, 0) is 14.3 Å². The summed E-state index contributed by atoms with van der Waals surface area (Å²) < 4.78 is 4.88. The lowest BCUT2D eigenvalue weighted by Crippen LogP contribution is -2.40. The van der Waals surface area contributed by atoms with Crippen molar-refractivity contribution in [1.29, 1.82) is 0 Å². The number of amides is 1. The molecule has 2 N–H and O–H groups in total. The number of benzene rings is 1. The van der Waals surface area contributed by atoms with E-state index in [9.17, 15) is 9.59 Å². The lowest BCUT2D eigenvalue weighted by Gasteiger charge is -2.24. The van der Waals surface area contributed by atoms with Crippen molar-refractivity contribution in [3.63, 3.8) is 0 Å². The number of hydrogen-bond donors (Lipinski definition) is 1. The number of carbonyl (C=O) groups is 2. The van der Waals surface area contributed by atoms with E-state index in [1.807, 2.05) is 26.0 Å². The summed E-state index contributed by atoms with van der Waals surface area (Å²) in [6.07, 6.45) is 3.12. The molecule has 5 heteroatoms. The molecule has 0 aliphatic carbocycles. The van der Waals surface area contributed by atoms with Gasteiger partial charge in [-0.3, -0.25) is 9.59 Å². The van der Waals surface area contributed by atoms with Crippen LogP contribution >= 0.6 is 0 Å². The van der Waals surface area contributed by atoms with Crippen molar-refractivity contribution in [2.24, 2.45) is 0 Å². The summed E-state index contributed by atoms with van der Waals surface area (Å²) in [5.74, 6) is -0.641. The molecule has 21 heavy (non-hydrogen) atoms. The smallest absolute Gasteiger partial charge is 0.325 e. The predicted molar refractivity (Wildman–Crippen MR) is 83.4 cm³/mol. The van der Waals surface area contributed by atoms with Crippen molar-refractivity contribution in [2.75, 3.05) is 18.9 Å². The molecule has 0 saturated carbocycles. The van der Waals surface area contributed by atoms with E-state index in [1.165, 1.54) is 11.0 Å². The number of carbonyl (C=O) groups excluding carboxylic acids is 2. The number of nitrogens with zero attached hydrogens (tertiary/aromatic N) is 1. The van der Waals surface area contributed by atoms with Crippen LogP contribution in [0.3, 0.4) is 0 Å². The summed E-state index contributed by atoms with van der Waals surface area (Å²) in [5, 5.41) is 0. The van der Waals surface area contributed by atoms with Gasteiger partial charge in [-0.2, -0.15) is 0 Å². The van der Waals surface area contributed by atoms with Gasteiger partial charge in [0.1, 0.15) is 6.54 Å². The molecule has 1 aromatic carbocycles. The molecular formula is C16H22N2O3. The summed E-state index contributed by atoms with van der Waals surface area (Å²) in [4.78, 5) is 25.2. The molecule has 0 radical (unpaired) electrons. The minimum Gasteiger partial charge on any atom is -0.465 e. The van der Waals surface area contributed by atoms with E-state index in [-0.39, 0.29) is 18.5 Å². The fraction of sp³-hybridized carbons (Fsp3) is 0.375. The third kappa shape index (κ3) is 5.69. The van der Waals surface area contributed by atoms with E-state index in [2.05, 4.69) is 0 Å². The Hall–Kier alpha value is -2.30. The maximum atomic E-state index is 12.2. The zero-order chi connectivity index (χ0) is 15.8. The number of nitrogens with two attached hydrogens (primary N) is 1. The van der Waals surface area contributed by atoms with Gasteiger partial charge in [0.05, 0.1) is 6.61 Å². The zero-order valence-electron chi connectivity index (χ0n) is 12.7. The Labute approximate surface area is 125 Å². The van der Waals surface area contributed by atoms with Crippen molar-refractivity contribution in [2.45, 2.75) is 26.8 Å². The van der Waals surface area contributed by atoms with Crippen molar-refractivity contribution in [1.82, 2.24) is 4.90 Å². The first kappa shape index (κ1) is 16.8. The van der Waals surface area contributed by atoms with Crippen LogP contribution in [0, 0.1) is 0 Å². The van der Waals surface area contributed by atoms with Crippen LogP contribution in [0.4, 0.5) is 5.69 Å². The van der Waals surface area contributed by atoms with Crippen LogP contribution in [-0.4, -0.2) is 36.0 Å². The van der Waals surface area contributed by atoms with Crippen LogP contribution in [0.5, 0.6) is 0 Å². The lowest BCUT2D eigenvalue weighted by atomic mass is 10.2. The number of rotatable bonds is 6. The Balaban J connectivity index is 2.75. The molecule has 5 nitrogen and oxygen atoms in total. The summed E-state index contributed by atoms with van der Waals surface area (Å²) in [5.41, 5.74) is 7.15. The Bertz CT molecular complexity index is 524. The van der Waals surface area contributed by atoms with E-state index in [1.54, 1.807) is 25.1 Å². The topological polar surface area (TPSA) is 72.6 Å². The van der Waals surface area contributed by atoms with Gasteiger partial charge in [-0.1, -0.05) is 12.1 Å². The first-order valence-corrected chi connectivity index (χ1v) is 6.94. The van der Waals surface area contributed by atoms with Crippen molar-refractivity contribution in [3.05, 3.63) is 35.9 Å². The molecule has 0 aromatic heterocycles. The SMILES string of the molecule is CCOC(=O)CN(C(=O)/C=C/c1cccc(N)c1)C(C)C. The quantitative estimate of drug-likeness (QED) is 0.494. The minimum atomic E-state index is -0.406. The van der Waals surface area contributed by atoms with Gasteiger partial charge in [0.15, 0.2) is 0 Å². The van der Waals surface area contributed by atoms with Crippen LogP contribution in [0.15, 0.2) is 30.3 Å². The number of ether oxygens (including phenoxy) is 1. The van der Waals surface area contributed by atoms with E-state index in [0.717, 1.165) is 5.56 Å². The zero-order valence-corrected chi connectivity index (χ0v) is 12.7. The number of anilines is 1. The van der Waals surface area contributed by atoms with Crippen molar-refractivity contribution >= 4 is 23.6 Å². The molecule has 0 bridgehead atoms. The minimum absolute atomic E-state index is 0.0500. The fourth-order valence-electron chi connectivity index (χ4n) is 1.79. The average molecular weight is 290 g/mol. The normalized spacial score (nSPS) is 10.9. The van der Waals surface area contributed by atoms with Crippen molar-refractivity contribution < 1.29 is 14.3 Å². The van der Waals surface area contributed by atoms with E-state index >= 15 is 0 Å². The van der Waals surface area contributed by atoms with Gasteiger partial charge in [0, 0.05) is 17.8 Å². The Morgan fingerprint density at radius 1 is 1.38 bits per heavy atom. The molecule has 114 valence electrons. The lowest BCUT2D eigenvalue weighted by molar-refractivity contribution is -0.148. The van der Waals surface area contributed by atoms with E-state index in [0.29, 0.717) is 12.3 Å². The molecule has 1 amide bonds. The van der Waals surface area contributed by atoms with E-state index in [4.69, 9.17) is 10.5 Å². The predicted octanol–water partition coefficient (Wildman–Crippen LogP) is 2.08. The van der Waals surface area contributed by atoms with Crippen LogP contribution < -0.4 is 5.73 Å². The maximum absolute atomic E-state index is 12.2. The van der Waals surface area contributed by atoms with Crippen LogP contribution in [0.25, 0.3) is 6.08 Å². The molecule has 0 spiro atoms. The van der Waals surface area contributed by atoms with Crippen LogP contribution in [0.2, 0.25) is 0 Å². The highest BCUT2D eigenvalue weighted by atomic mass is 16.5. The molecule has 1 aromatic rings. The standard InChI is InChI=1S/C16H22N2O3/c1-4-21-16(20)11-18(12(2)3)15(19)9-8-13-6-5-7-14(17)10-13/h5-10,12H,4,11,17H2,1-3H3/b9-8+. The second-order valence-electron chi connectivity index (χ2n) is 4.87. The van der Waals surface area contributed by atoms with Crippen LogP contribution in [0.1, 0.15) is 26.3 Å². The highest BCUT2D eigenvalue weighted by Gasteiger charge is 2.18. The average Bonchev–Trinajstić information content (AvgIpc) is 2.42. The van der Waals surface area contributed by atoms with Gasteiger partial charge in [0.25, 0.3) is 0 Å². The monoisotopic (exact) mass is 290 g/mol. The Morgan fingerprint density at radius 2 is 2.10 bits per heavy atom. The molecule has 0 saturated heterocycles. The number of esters is 1. The fourth-order valence-corrected chi connectivity index (χ4v) is 1.79. The Morgan fingerprint density at radius 3 is 2.67 bits per heavy atom. The molecule has 0 aliphatic rings. The summed E-state index contributed by atoms with van der Waals surface area (Å²) in [6.45, 7) is 5.69. The number of hydrogen-bond acceptors (Lipinski definition) is 4. The molecule has 0 aliphatic heterocycles. The molecule has 0 unspecified atom stereocenters. The molecular weight excluding hydrogens is 268 g/mol. The second-order valence-corrected chi connectivity index (χ2v) is 4.87. The third-order valence-electron chi connectivity index (χ3n) is 2.84. The highest BCUT2D eigenvalue weighted by molar-refractivity contribution is 5.94. The maximum Gasteiger partial charge on any atom is 0.325 e. The van der Waals surface area contributed by atoms with Crippen molar-refractivity contribution in [3.8, 4) is 0 Å². The van der Waals surface area contributed by atoms with Gasteiger partial charge >= 0.3 is 5.97 Å².